The number of amides is 2. The van der Waals surface area contributed by atoms with Gasteiger partial charge in [-0.1, -0.05) is 0 Å². The molecule has 0 atom stereocenters. The zero-order chi connectivity index (χ0) is 13.8. The van der Waals surface area contributed by atoms with E-state index in [2.05, 4.69) is 10.6 Å². The minimum atomic E-state index is -0.395. The SMILES string of the molecule is CCOC(=O)c1c(NC(=O)NC)sc2c1CCOC2. The number of ether oxygens (including phenoxy) is 2. The van der Waals surface area contributed by atoms with Crippen molar-refractivity contribution in [2.24, 2.45) is 0 Å². The maximum absolute atomic E-state index is 12.0. The van der Waals surface area contributed by atoms with E-state index in [0.717, 1.165) is 10.4 Å². The average molecular weight is 284 g/mol. The Bertz CT molecular complexity index is 498. The number of hydrogen-bond acceptors (Lipinski definition) is 5. The van der Waals surface area contributed by atoms with Gasteiger partial charge in [0.2, 0.25) is 0 Å². The minimum absolute atomic E-state index is 0.305. The highest BCUT2D eigenvalue weighted by Gasteiger charge is 2.27. The van der Waals surface area contributed by atoms with E-state index in [0.29, 0.717) is 36.8 Å². The summed E-state index contributed by atoms with van der Waals surface area (Å²) in [5.74, 6) is -0.395. The van der Waals surface area contributed by atoms with E-state index < -0.39 is 5.97 Å². The number of rotatable bonds is 3. The molecule has 0 unspecified atom stereocenters. The summed E-state index contributed by atoms with van der Waals surface area (Å²) < 4.78 is 10.4. The molecule has 1 aromatic heterocycles. The Morgan fingerprint density at radius 3 is 2.95 bits per heavy atom. The Hall–Kier alpha value is -1.60. The first-order valence-corrected chi connectivity index (χ1v) is 6.87. The Morgan fingerprint density at radius 2 is 2.26 bits per heavy atom. The highest BCUT2D eigenvalue weighted by molar-refractivity contribution is 7.17. The molecule has 19 heavy (non-hydrogen) atoms. The predicted molar refractivity (Wildman–Crippen MR) is 71.7 cm³/mol. The van der Waals surface area contributed by atoms with Crippen molar-refractivity contribution in [2.75, 3.05) is 25.6 Å². The van der Waals surface area contributed by atoms with Crippen LogP contribution < -0.4 is 10.6 Å². The van der Waals surface area contributed by atoms with E-state index in [1.807, 2.05) is 0 Å². The summed E-state index contributed by atoms with van der Waals surface area (Å²) in [4.78, 5) is 24.4. The number of urea groups is 1. The number of esters is 1. The van der Waals surface area contributed by atoms with Crippen molar-refractivity contribution in [3.05, 3.63) is 16.0 Å². The zero-order valence-electron chi connectivity index (χ0n) is 10.9. The minimum Gasteiger partial charge on any atom is -0.462 e. The first-order valence-electron chi connectivity index (χ1n) is 6.05. The molecular weight excluding hydrogens is 268 g/mol. The molecular formula is C12H16N2O4S. The molecule has 1 aromatic rings. The van der Waals surface area contributed by atoms with E-state index in [4.69, 9.17) is 9.47 Å². The topological polar surface area (TPSA) is 76.7 Å². The van der Waals surface area contributed by atoms with E-state index >= 15 is 0 Å². The lowest BCUT2D eigenvalue weighted by Gasteiger charge is -2.13. The third-order valence-electron chi connectivity index (χ3n) is 2.75. The lowest BCUT2D eigenvalue weighted by Crippen LogP contribution is -2.25. The van der Waals surface area contributed by atoms with Gasteiger partial charge < -0.3 is 14.8 Å². The van der Waals surface area contributed by atoms with Crippen molar-refractivity contribution < 1.29 is 19.1 Å². The second kappa shape index (κ2) is 6.03. The van der Waals surface area contributed by atoms with Gasteiger partial charge in [0.15, 0.2) is 0 Å². The third-order valence-corrected chi connectivity index (χ3v) is 3.87. The van der Waals surface area contributed by atoms with Gasteiger partial charge in [-0.3, -0.25) is 5.32 Å². The second-order valence-corrected chi connectivity index (χ2v) is 5.04. The standard InChI is InChI=1S/C12H16N2O4S/c1-3-18-11(15)9-7-4-5-17-6-8(7)19-10(9)14-12(16)13-2/h3-6H2,1-2H3,(H2,13,14,16). The molecule has 0 bridgehead atoms. The van der Waals surface area contributed by atoms with Crippen molar-refractivity contribution >= 4 is 28.3 Å². The maximum Gasteiger partial charge on any atom is 0.341 e. The summed E-state index contributed by atoms with van der Waals surface area (Å²) in [6, 6.07) is -0.356. The normalized spacial score (nSPS) is 13.6. The van der Waals surface area contributed by atoms with Crippen molar-refractivity contribution in [1.82, 2.24) is 5.32 Å². The average Bonchev–Trinajstić information content (AvgIpc) is 2.76. The first kappa shape index (κ1) is 13.8. The van der Waals surface area contributed by atoms with Crippen LogP contribution in [-0.2, 0) is 22.5 Å². The first-order chi connectivity index (χ1) is 9.17. The predicted octanol–water partition coefficient (Wildman–Crippen LogP) is 1.75. The lowest BCUT2D eigenvalue weighted by molar-refractivity contribution is 0.0524. The van der Waals surface area contributed by atoms with Gasteiger partial charge in [0.25, 0.3) is 0 Å². The van der Waals surface area contributed by atoms with E-state index in [1.54, 1.807) is 6.92 Å². The molecule has 104 valence electrons. The summed E-state index contributed by atoms with van der Waals surface area (Å²) in [6.07, 6.45) is 0.662. The van der Waals surface area contributed by atoms with Gasteiger partial charge in [0.05, 0.1) is 25.4 Å². The number of nitrogens with one attached hydrogen (secondary N) is 2. The van der Waals surface area contributed by atoms with Gasteiger partial charge in [0.1, 0.15) is 5.00 Å². The largest absolute Gasteiger partial charge is 0.462 e. The van der Waals surface area contributed by atoms with Crippen molar-refractivity contribution in [1.29, 1.82) is 0 Å². The number of anilines is 1. The Kier molecular flexibility index (Phi) is 4.39. The van der Waals surface area contributed by atoms with Crippen molar-refractivity contribution in [2.45, 2.75) is 20.0 Å². The number of hydrogen-bond donors (Lipinski definition) is 2. The number of thiophene rings is 1. The summed E-state index contributed by atoms with van der Waals surface area (Å²) in [6.45, 7) is 3.11. The van der Waals surface area contributed by atoms with Gasteiger partial charge in [-0.15, -0.1) is 11.3 Å². The summed E-state index contributed by atoms with van der Waals surface area (Å²) in [7, 11) is 1.52. The van der Waals surface area contributed by atoms with Gasteiger partial charge in [-0.05, 0) is 18.9 Å². The van der Waals surface area contributed by atoms with Crippen LogP contribution in [0.15, 0.2) is 0 Å². The quantitative estimate of drug-likeness (QED) is 0.829. The molecule has 0 fully saturated rings. The Labute approximate surface area is 115 Å². The molecule has 2 rings (SSSR count). The van der Waals surface area contributed by atoms with Crippen LogP contribution in [0, 0.1) is 0 Å². The highest BCUT2D eigenvalue weighted by atomic mass is 32.1. The molecule has 7 heteroatoms. The molecule has 0 spiro atoms. The molecule has 0 saturated heterocycles. The molecule has 6 nitrogen and oxygen atoms in total. The molecule has 0 aliphatic carbocycles. The van der Waals surface area contributed by atoms with Crippen LogP contribution in [0.5, 0.6) is 0 Å². The fourth-order valence-corrected chi connectivity index (χ4v) is 3.07. The fraction of sp³-hybridized carbons (Fsp3) is 0.500. The monoisotopic (exact) mass is 284 g/mol. The van der Waals surface area contributed by atoms with Gasteiger partial charge in [-0.2, -0.15) is 0 Å². The summed E-state index contributed by atoms with van der Waals surface area (Å²) in [5, 5.41) is 5.66. The van der Waals surface area contributed by atoms with E-state index in [-0.39, 0.29) is 6.03 Å². The fourth-order valence-electron chi connectivity index (χ4n) is 1.91. The summed E-state index contributed by atoms with van der Waals surface area (Å²) in [5.41, 5.74) is 1.40. The Morgan fingerprint density at radius 1 is 1.47 bits per heavy atom. The molecule has 2 N–H and O–H groups in total. The van der Waals surface area contributed by atoms with Crippen LogP contribution in [0.3, 0.4) is 0 Å². The number of carbonyl (C=O) groups excluding carboxylic acids is 2. The number of carbonyl (C=O) groups is 2. The molecule has 2 amide bonds. The van der Waals surface area contributed by atoms with Crippen LogP contribution in [0.1, 0.15) is 27.7 Å². The van der Waals surface area contributed by atoms with Crippen LogP contribution in [0.4, 0.5) is 9.80 Å². The maximum atomic E-state index is 12.0. The molecule has 1 aliphatic rings. The smallest absolute Gasteiger partial charge is 0.341 e. The van der Waals surface area contributed by atoms with Crippen LogP contribution in [0.25, 0.3) is 0 Å². The highest BCUT2D eigenvalue weighted by Crippen LogP contribution is 2.36. The molecule has 0 saturated carbocycles. The van der Waals surface area contributed by atoms with Gasteiger partial charge in [0, 0.05) is 11.9 Å². The third kappa shape index (κ3) is 2.87. The van der Waals surface area contributed by atoms with Crippen LogP contribution >= 0.6 is 11.3 Å². The van der Waals surface area contributed by atoms with E-state index in [9.17, 15) is 9.59 Å². The number of fused-ring (bicyclic) bond motifs is 1. The van der Waals surface area contributed by atoms with Crippen LogP contribution in [0.2, 0.25) is 0 Å². The molecule has 0 aromatic carbocycles. The zero-order valence-corrected chi connectivity index (χ0v) is 11.7. The Balaban J connectivity index is 2.37. The van der Waals surface area contributed by atoms with Gasteiger partial charge in [-0.25, -0.2) is 9.59 Å². The molecule has 1 aliphatic heterocycles. The summed E-state index contributed by atoms with van der Waals surface area (Å²) >= 11 is 1.36. The van der Waals surface area contributed by atoms with Crippen molar-refractivity contribution in [3.63, 3.8) is 0 Å². The molecule has 0 radical (unpaired) electrons. The van der Waals surface area contributed by atoms with Gasteiger partial charge >= 0.3 is 12.0 Å². The lowest BCUT2D eigenvalue weighted by atomic mass is 10.1. The molecule has 2 heterocycles. The second-order valence-electron chi connectivity index (χ2n) is 3.94. The van der Waals surface area contributed by atoms with Crippen LogP contribution in [-0.4, -0.2) is 32.3 Å². The van der Waals surface area contributed by atoms with E-state index in [1.165, 1.54) is 18.4 Å². The van der Waals surface area contributed by atoms with Crippen molar-refractivity contribution in [3.8, 4) is 0 Å².